The van der Waals surface area contributed by atoms with Gasteiger partial charge in [-0.1, -0.05) is 12.1 Å². The standard InChI is InChI=1S/C20H24FN5O2/c1-12-18(19(27)26-20(22-12)23-14(3)24-26)25-9-7-17(8-10-25)28-13(2)15-5-4-6-16(21)11-15/h4-6,11,13,17H,7-10H2,1-3H3,(H,22,23,24). The van der Waals surface area contributed by atoms with E-state index in [1.54, 1.807) is 13.0 Å². The maximum absolute atomic E-state index is 13.4. The molecule has 1 aliphatic heterocycles. The highest BCUT2D eigenvalue weighted by atomic mass is 19.1. The predicted octanol–water partition coefficient (Wildman–Crippen LogP) is 2.92. The number of ether oxygens (including phenoxy) is 1. The third kappa shape index (κ3) is 3.52. The Morgan fingerprint density at radius 3 is 2.71 bits per heavy atom. The number of benzene rings is 1. The number of rotatable bonds is 4. The van der Waals surface area contributed by atoms with Crippen molar-refractivity contribution in [3.8, 4) is 0 Å². The van der Waals surface area contributed by atoms with E-state index >= 15 is 0 Å². The lowest BCUT2D eigenvalue weighted by molar-refractivity contribution is -0.0157. The first kappa shape index (κ1) is 18.6. The topological polar surface area (TPSA) is 75.5 Å². The summed E-state index contributed by atoms with van der Waals surface area (Å²) in [6.45, 7) is 6.99. The van der Waals surface area contributed by atoms with Gasteiger partial charge in [-0.2, -0.15) is 9.50 Å². The smallest absolute Gasteiger partial charge is 0.297 e. The first-order valence-electron chi connectivity index (χ1n) is 9.54. The summed E-state index contributed by atoms with van der Waals surface area (Å²) in [5.41, 5.74) is 2.00. The first-order valence-corrected chi connectivity index (χ1v) is 9.54. The number of nitrogens with one attached hydrogen (secondary N) is 1. The SMILES string of the molecule is Cc1nc2nc(C)c(N3CCC(OC(C)c4cccc(F)c4)CC3)c(=O)n2[nH]1. The zero-order chi connectivity index (χ0) is 19.8. The Balaban J connectivity index is 1.46. The molecule has 8 heteroatoms. The summed E-state index contributed by atoms with van der Waals surface area (Å²) in [7, 11) is 0. The van der Waals surface area contributed by atoms with Gasteiger partial charge in [0.1, 0.15) is 17.3 Å². The van der Waals surface area contributed by atoms with Crippen LogP contribution in [0.2, 0.25) is 0 Å². The molecule has 0 spiro atoms. The van der Waals surface area contributed by atoms with Gasteiger partial charge in [0, 0.05) is 13.1 Å². The van der Waals surface area contributed by atoms with Crippen LogP contribution in [0.15, 0.2) is 29.1 Å². The third-order valence-electron chi connectivity index (χ3n) is 5.23. The van der Waals surface area contributed by atoms with E-state index in [1.807, 2.05) is 19.9 Å². The summed E-state index contributed by atoms with van der Waals surface area (Å²) < 4.78 is 21.0. The van der Waals surface area contributed by atoms with Crippen molar-refractivity contribution in [2.75, 3.05) is 18.0 Å². The van der Waals surface area contributed by atoms with E-state index in [2.05, 4.69) is 20.0 Å². The maximum Gasteiger partial charge on any atom is 0.297 e. The van der Waals surface area contributed by atoms with Crippen LogP contribution >= 0.6 is 0 Å². The molecule has 0 bridgehead atoms. The van der Waals surface area contributed by atoms with Crippen molar-refractivity contribution in [2.45, 2.75) is 45.8 Å². The molecule has 0 saturated carbocycles. The summed E-state index contributed by atoms with van der Waals surface area (Å²) in [5, 5.41) is 2.94. The Kier molecular flexibility index (Phi) is 4.89. The summed E-state index contributed by atoms with van der Waals surface area (Å²) in [4.78, 5) is 23.6. The number of hydrogen-bond donors (Lipinski definition) is 1. The van der Waals surface area contributed by atoms with Crippen LogP contribution in [-0.2, 0) is 4.74 Å². The first-order chi connectivity index (χ1) is 13.4. The highest BCUT2D eigenvalue weighted by Gasteiger charge is 2.26. The number of aryl methyl sites for hydroxylation is 2. The minimum Gasteiger partial charge on any atom is -0.370 e. The quantitative estimate of drug-likeness (QED) is 0.747. The number of halogens is 1. The van der Waals surface area contributed by atoms with Crippen molar-refractivity contribution in [1.29, 1.82) is 0 Å². The molecule has 28 heavy (non-hydrogen) atoms. The van der Waals surface area contributed by atoms with E-state index in [9.17, 15) is 9.18 Å². The molecule has 1 saturated heterocycles. The molecule has 1 aliphatic rings. The molecule has 1 atom stereocenters. The highest BCUT2D eigenvalue weighted by Crippen LogP contribution is 2.26. The van der Waals surface area contributed by atoms with Crippen molar-refractivity contribution < 1.29 is 9.13 Å². The van der Waals surface area contributed by atoms with Gasteiger partial charge in [-0.25, -0.2) is 9.37 Å². The van der Waals surface area contributed by atoms with E-state index in [1.165, 1.54) is 16.6 Å². The number of nitrogens with zero attached hydrogens (tertiary/aromatic N) is 4. The predicted molar refractivity (Wildman–Crippen MR) is 104 cm³/mol. The fourth-order valence-electron chi connectivity index (χ4n) is 3.82. The van der Waals surface area contributed by atoms with E-state index in [4.69, 9.17) is 4.74 Å². The lowest BCUT2D eigenvalue weighted by Gasteiger charge is -2.34. The number of hydrogen-bond acceptors (Lipinski definition) is 5. The van der Waals surface area contributed by atoms with Crippen LogP contribution in [0.1, 0.15) is 43.0 Å². The number of aromatic nitrogens is 4. The Morgan fingerprint density at radius 1 is 1.25 bits per heavy atom. The highest BCUT2D eigenvalue weighted by molar-refractivity contribution is 5.52. The van der Waals surface area contributed by atoms with E-state index in [0.29, 0.717) is 36.1 Å². The van der Waals surface area contributed by atoms with Crippen LogP contribution in [0.3, 0.4) is 0 Å². The molecule has 4 rings (SSSR count). The molecule has 7 nitrogen and oxygen atoms in total. The van der Waals surface area contributed by atoms with Crippen molar-refractivity contribution in [1.82, 2.24) is 19.6 Å². The Hall–Kier alpha value is -2.74. The van der Waals surface area contributed by atoms with E-state index in [0.717, 1.165) is 18.4 Å². The van der Waals surface area contributed by atoms with E-state index < -0.39 is 0 Å². The molecule has 0 amide bonds. The molecule has 1 N–H and O–H groups in total. The third-order valence-corrected chi connectivity index (χ3v) is 5.23. The monoisotopic (exact) mass is 385 g/mol. The molecular weight excluding hydrogens is 361 g/mol. The van der Waals surface area contributed by atoms with Crippen molar-refractivity contribution in [3.63, 3.8) is 0 Å². The largest absolute Gasteiger partial charge is 0.370 e. The average molecular weight is 385 g/mol. The van der Waals surface area contributed by atoms with Gasteiger partial charge in [0.25, 0.3) is 11.3 Å². The van der Waals surface area contributed by atoms with Gasteiger partial charge in [0.15, 0.2) is 0 Å². The van der Waals surface area contributed by atoms with Crippen molar-refractivity contribution >= 4 is 11.5 Å². The molecule has 1 unspecified atom stereocenters. The van der Waals surface area contributed by atoms with E-state index in [-0.39, 0.29) is 23.6 Å². The normalized spacial score (nSPS) is 16.6. The van der Waals surface area contributed by atoms with Gasteiger partial charge in [-0.15, -0.1) is 0 Å². The Bertz CT molecular complexity index is 1050. The summed E-state index contributed by atoms with van der Waals surface area (Å²) in [6.07, 6.45) is 1.49. The second kappa shape index (κ2) is 7.35. The minimum absolute atomic E-state index is 0.0728. The molecule has 0 aliphatic carbocycles. The second-order valence-corrected chi connectivity index (χ2v) is 7.32. The maximum atomic E-state index is 13.4. The molecular formula is C20H24FN5O2. The van der Waals surface area contributed by atoms with Gasteiger partial charge < -0.3 is 9.64 Å². The van der Waals surface area contributed by atoms with Gasteiger partial charge in [-0.3, -0.25) is 9.89 Å². The fourth-order valence-corrected chi connectivity index (χ4v) is 3.82. The van der Waals surface area contributed by atoms with Crippen molar-refractivity contribution in [2.24, 2.45) is 0 Å². The van der Waals surface area contributed by atoms with Crippen LogP contribution in [0, 0.1) is 19.7 Å². The van der Waals surface area contributed by atoms with Gasteiger partial charge in [0.2, 0.25) is 0 Å². The number of aromatic amines is 1. The fraction of sp³-hybridized carbons (Fsp3) is 0.450. The van der Waals surface area contributed by atoms with Crippen LogP contribution < -0.4 is 10.5 Å². The molecule has 1 fully saturated rings. The van der Waals surface area contributed by atoms with Gasteiger partial charge >= 0.3 is 0 Å². The number of fused-ring (bicyclic) bond motifs is 1. The molecule has 0 radical (unpaired) electrons. The number of anilines is 1. The minimum atomic E-state index is -0.254. The van der Waals surface area contributed by atoms with Crippen LogP contribution in [0.4, 0.5) is 10.1 Å². The van der Waals surface area contributed by atoms with Crippen LogP contribution in [-0.4, -0.2) is 38.8 Å². The van der Waals surface area contributed by atoms with Gasteiger partial charge in [-0.05, 0) is 51.3 Å². The summed E-state index contributed by atoms with van der Waals surface area (Å²) in [6, 6.07) is 6.52. The molecule has 148 valence electrons. The van der Waals surface area contributed by atoms with Crippen LogP contribution in [0.5, 0.6) is 0 Å². The molecule has 1 aromatic carbocycles. The summed E-state index contributed by atoms with van der Waals surface area (Å²) in [5.74, 6) is 0.793. The number of piperidine rings is 1. The van der Waals surface area contributed by atoms with Crippen LogP contribution in [0.25, 0.3) is 5.78 Å². The molecule has 3 heterocycles. The lowest BCUT2D eigenvalue weighted by Crippen LogP contribution is -2.41. The van der Waals surface area contributed by atoms with Crippen molar-refractivity contribution in [3.05, 3.63) is 57.5 Å². The zero-order valence-corrected chi connectivity index (χ0v) is 16.3. The second-order valence-electron chi connectivity index (χ2n) is 7.32. The molecule has 2 aromatic heterocycles. The Labute approximate surface area is 162 Å². The Morgan fingerprint density at radius 2 is 2.00 bits per heavy atom. The lowest BCUT2D eigenvalue weighted by atomic mass is 10.1. The average Bonchev–Trinajstić information content (AvgIpc) is 3.03. The van der Waals surface area contributed by atoms with Gasteiger partial charge in [0.05, 0.1) is 17.9 Å². The summed E-state index contributed by atoms with van der Waals surface area (Å²) >= 11 is 0. The zero-order valence-electron chi connectivity index (χ0n) is 16.3. The molecule has 3 aromatic rings. The number of H-pyrrole nitrogens is 1.